The maximum absolute atomic E-state index is 12.7. The summed E-state index contributed by atoms with van der Waals surface area (Å²) in [5, 5.41) is 52.0. The molecule has 1 saturated carbocycles. The number of phenolic OH excluding ortho intramolecular Hbond substituents is 1. The molecule has 14 heteroatoms. The van der Waals surface area contributed by atoms with E-state index < -0.39 is 78.9 Å². The third-order valence-electron chi connectivity index (χ3n) is 8.21. The number of hydrogen-bond donors (Lipinski definition) is 5. The Morgan fingerprint density at radius 2 is 1.80 bits per heavy atom. The highest BCUT2D eigenvalue weighted by atomic mass is 16.7. The summed E-state index contributed by atoms with van der Waals surface area (Å²) in [5.41, 5.74) is -0.480. The number of hydrogen-bond acceptors (Lipinski definition) is 14. The van der Waals surface area contributed by atoms with Crippen molar-refractivity contribution in [2.45, 2.75) is 82.6 Å². The molecule has 1 aromatic rings. The molecular formula is C32H42O14. The average molecular weight is 651 g/mol. The van der Waals surface area contributed by atoms with Crippen molar-refractivity contribution in [3.8, 4) is 5.75 Å². The van der Waals surface area contributed by atoms with E-state index in [0.717, 1.165) is 6.08 Å². The van der Waals surface area contributed by atoms with Gasteiger partial charge in [-0.25, -0.2) is 4.79 Å². The molecule has 0 aromatic heterocycles. The fourth-order valence-electron chi connectivity index (χ4n) is 5.88. The second-order valence-electron chi connectivity index (χ2n) is 12.2. The van der Waals surface area contributed by atoms with Gasteiger partial charge in [-0.15, -0.1) is 0 Å². The van der Waals surface area contributed by atoms with Crippen molar-refractivity contribution in [3.63, 3.8) is 0 Å². The van der Waals surface area contributed by atoms with E-state index in [1.807, 2.05) is 13.8 Å². The minimum Gasteiger partial charge on any atom is -0.508 e. The number of fused-ring (bicyclic) bond motifs is 1. The van der Waals surface area contributed by atoms with Crippen molar-refractivity contribution >= 4 is 24.0 Å². The number of esters is 3. The number of carbonyl (C=O) groups excluding carboxylic acids is 3. The number of aromatic hydroxyl groups is 1. The van der Waals surface area contributed by atoms with Gasteiger partial charge in [0, 0.05) is 19.4 Å². The van der Waals surface area contributed by atoms with Crippen LogP contribution in [-0.4, -0.2) is 106 Å². The quantitative estimate of drug-likeness (QED) is 0.121. The average Bonchev–Trinajstić information content (AvgIpc) is 3.36. The van der Waals surface area contributed by atoms with Crippen LogP contribution in [-0.2, 0) is 42.8 Å². The highest BCUT2D eigenvalue weighted by Gasteiger charge is 2.57. The molecule has 0 radical (unpaired) electrons. The monoisotopic (exact) mass is 650 g/mol. The van der Waals surface area contributed by atoms with Crippen molar-refractivity contribution < 1.29 is 68.3 Å². The molecule has 1 aliphatic carbocycles. The lowest BCUT2D eigenvalue weighted by atomic mass is 9.81. The number of phenols is 1. The van der Waals surface area contributed by atoms with Gasteiger partial charge in [0.05, 0.1) is 25.4 Å². The van der Waals surface area contributed by atoms with Crippen LogP contribution < -0.4 is 0 Å². The van der Waals surface area contributed by atoms with Crippen LogP contribution in [0.4, 0.5) is 0 Å². The van der Waals surface area contributed by atoms with Gasteiger partial charge in [0.2, 0.25) is 6.29 Å². The Hall–Kier alpha value is -3.53. The van der Waals surface area contributed by atoms with Crippen LogP contribution in [0.5, 0.6) is 5.75 Å². The van der Waals surface area contributed by atoms with Crippen LogP contribution in [0.1, 0.15) is 45.6 Å². The highest BCUT2D eigenvalue weighted by molar-refractivity contribution is 5.87. The molecule has 0 amide bonds. The molecule has 2 fully saturated rings. The molecule has 9 atom stereocenters. The molecule has 14 nitrogen and oxygen atoms in total. The first kappa shape index (κ1) is 35.3. The van der Waals surface area contributed by atoms with E-state index in [1.165, 1.54) is 31.4 Å². The van der Waals surface area contributed by atoms with E-state index in [2.05, 4.69) is 0 Å². The van der Waals surface area contributed by atoms with E-state index in [4.69, 9.17) is 28.4 Å². The van der Waals surface area contributed by atoms with E-state index in [1.54, 1.807) is 12.1 Å². The maximum Gasteiger partial charge on any atom is 0.331 e. The standard InChI is InChI=1S/C32H42O14/c1-17(2)12-25(37)46-30-26-22(10-11-32(26,40)16-43-18(3)34)20(14-41-30)15-42-31-29(28(39)27(38)23(13-33)44-31)45-24(36)9-6-19-4-7-21(35)8-5-19/h4-9,14,17,22-23,26-31,33,35,38-40H,10-13,15-16H2,1-3H3. The maximum atomic E-state index is 12.7. The Kier molecular flexibility index (Phi) is 11.8. The van der Waals surface area contributed by atoms with Gasteiger partial charge in [-0.2, -0.15) is 0 Å². The molecule has 2 heterocycles. The molecule has 1 aromatic carbocycles. The van der Waals surface area contributed by atoms with Gasteiger partial charge in [0.1, 0.15) is 36.3 Å². The molecule has 0 bridgehead atoms. The third-order valence-corrected chi connectivity index (χ3v) is 8.21. The van der Waals surface area contributed by atoms with Crippen LogP contribution in [0.2, 0.25) is 0 Å². The summed E-state index contributed by atoms with van der Waals surface area (Å²) in [6.07, 6.45) is -4.07. The normalized spacial score (nSPS) is 32.4. The number of aliphatic hydroxyl groups excluding tert-OH is 3. The minimum absolute atomic E-state index is 0.0207. The Bertz CT molecular complexity index is 1280. The van der Waals surface area contributed by atoms with Gasteiger partial charge in [-0.3, -0.25) is 9.59 Å². The zero-order valence-corrected chi connectivity index (χ0v) is 25.9. The third kappa shape index (κ3) is 8.63. The van der Waals surface area contributed by atoms with Gasteiger partial charge in [-0.1, -0.05) is 26.0 Å². The van der Waals surface area contributed by atoms with E-state index in [0.29, 0.717) is 17.6 Å². The van der Waals surface area contributed by atoms with Crippen LogP contribution in [0.25, 0.3) is 6.08 Å². The number of rotatable bonds is 12. The highest BCUT2D eigenvalue weighted by Crippen LogP contribution is 2.49. The second-order valence-corrected chi connectivity index (χ2v) is 12.2. The van der Waals surface area contributed by atoms with Gasteiger partial charge < -0.3 is 54.0 Å². The summed E-state index contributed by atoms with van der Waals surface area (Å²) >= 11 is 0. The SMILES string of the molecule is CC(=O)OCC1(O)CCC2C(COC3OC(CO)C(O)C(O)C3OC(=O)C=Cc3ccc(O)cc3)=COC(OC(=O)CC(C)C)C21. The number of benzene rings is 1. The predicted octanol–water partition coefficient (Wildman–Crippen LogP) is 0.923. The van der Waals surface area contributed by atoms with Crippen molar-refractivity contribution in [2.75, 3.05) is 19.8 Å². The first-order valence-electron chi connectivity index (χ1n) is 15.1. The first-order valence-corrected chi connectivity index (χ1v) is 15.1. The molecule has 4 rings (SSSR count). The Morgan fingerprint density at radius 1 is 1.09 bits per heavy atom. The lowest BCUT2D eigenvalue weighted by Gasteiger charge is -2.42. The van der Waals surface area contributed by atoms with Crippen LogP contribution >= 0.6 is 0 Å². The molecule has 0 spiro atoms. The van der Waals surface area contributed by atoms with Crippen molar-refractivity contribution in [3.05, 3.63) is 47.7 Å². The fraction of sp³-hybridized carbons (Fsp3) is 0.594. The van der Waals surface area contributed by atoms with E-state index in [9.17, 15) is 39.9 Å². The van der Waals surface area contributed by atoms with Crippen molar-refractivity contribution in [2.24, 2.45) is 17.8 Å². The van der Waals surface area contributed by atoms with Gasteiger partial charge in [-0.05, 0) is 54.0 Å². The Morgan fingerprint density at radius 3 is 2.46 bits per heavy atom. The molecule has 46 heavy (non-hydrogen) atoms. The smallest absolute Gasteiger partial charge is 0.331 e. The molecule has 2 aliphatic heterocycles. The lowest BCUT2D eigenvalue weighted by Crippen LogP contribution is -2.60. The molecule has 9 unspecified atom stereocenters. The van der Waals surface area contributed by atoms with Gasteiger partial charge in [0.15, 0.2) is 12.4 Å². The van der Waals surface area contributed by atoms with Gasteiger partial charge >= 0.3 is 17.9 Å². The van der Waals surface area contributed by atoms with Crippen LogP contribution in [0, 0.1) is 17.8 Å². The summed E-state index contributed by atoms with van der Waals surface area (Å²) in [5.74, 6) is -3.20. The molecule has 254 valence electrons. The van der Waals surface area contributed by atoms with Crippen LogP contribution in [0.15, 0.2) is 42.2 Å². The topological polar surface area (TPSA) is 208 Å². The zero-order chi connectivity index (χ0) is 33.6. The minimum atomic E-state index is -1.68. The van der Waals surface area contributed by atoms with Crippen LogP contribution in [0.3, 0.4) is 0 Å². The largest absolute Gasteiger partial charge is 0.508 e. The second kappa shape index (κ2) is 15.4. The number of carbonyl (C=O) groups is 3. The molecule has 1 saturated heterocycles. The first-order chi connectivity index (χ1) is 21.8. The Balaban J connectivity index is 1.50. The molecule has 3 aliphatic rings. The summed E-state index contributed by atoms with van der Waals surface area (Å²) in [7, 11) is 0. The molecular weight excluding hydrogens is 608 g/mol. The van der Waals surface area contributed by atoms with E-state index >= 15 is 0 Å². The zero-order valence-electron chi connectivity index (χ0n) is 25.9. The molecule has 5 N–H and O–H groups in total. The fourth-order valence-corrected chi connectivity index (χ4v) is 5.88. The summed E-state index contributed by atoms with van der Waals surface area (Å²) in [6, 6.07) is 6.01. The van der Waals surface area contributed by atoms with Crippen molar-refractivity contribution in [1.29, 1.82) is 0 Å². The summed E-state index contributed by atoms with van der Waals surface area (Å²) < 4.78 is 33.6. The Labute approximate surface area is 266 Å². The predicted molar refractivity (Wildman–Crippen MR) is 157 cm³/mol. The van der Waals surface area contributed by atoms with Gasteiger partial charge in [0.25, 0.3) is 0 Å². The number of ether oxygens (including phenoxy) is 6. The number of aliphatic hydroxyl groups is 4. The lowest BCUT2D eigenvalue weighted by molar-refractivity contribution is -0.302. The summed E-state index contributed by atoms with van der Waals surface area (Å²) in [4.78, 5) is 36.8. The van der Waals surface area contributed by atoms with Crippen molar-refractivity contribution in [1.82, 2.24) is 0 Å². The summed E-state index contributed by atoms with van der Waals surface area (Å²) in [6.45, 7) is 3.70. The van der Waals surface area contributed by atoms with E-state index in [-0.39, 0.29) is 37.7 Å².